The van der Waals surface area contributed by atoms with Gasteiger partial charge in [0.05, 0.1) is 5.71 Å². The molecule has 0 spiro atoms. The van der Waals surface area contributed by atoms with Crippen molar-refractivity contribution in [2.24, 2.45) is 5.92 Å². The van der Waals surface area contributed by atoms with Gasteiger partial charge in [-0.05, 0) is 18.4 Å². The molecule has 0 amide bonds. The summed E-state index contributed by atoms with van der Waals surface area (Å²) in [7, 11) is 0. The Morgan fingerprint density at radius 2 is 2.45 bits per heavy atom. The van der Waals surface area contributed by atoms with Gasteiger partial charge in [-0.1, -0.05) is 19.1 Å². The standard InChI is InChI=1S/C9H11NO/c1-7-3-2-4-9(10)8(5-7)6-11/h2,4-7,10H,3H2,1H3. The molecule has 0 aromatic heterocycles. The first-order chi connectivity index (χ1) is 5.24. The highest BCUT2D eigenvalue weighted by atomic mass is 16.1. The van der Waals surface area contributed by atoms with Crippen molar-refractivity contribution in [3.05, 3.63) is 23.8 Å². The first-order valence-corrected chi connectivity index (χ1v) is 3.66. The Bertz CT molecular complexity index is 238. The molecule has 2 heteroatoms. The summed E-state index contributed by atoms with van der Waals surface area (Å²) in [5.74, 6) is 0.370. The maximum Gasteiger partial charge on any atom is 0.151 e. The highest BCUT2D eigenvalue weighted by molar-refractivity contribution is 6.18. The van der Waals surface area contributed by atoms with Gasteiger partial charge < -0.3 is 5.41 Å². The van der Waals surface area contributed by atoms with Crippen LogP contribution in [0.15, 0.2) is 23.8 Å². The minimum atomic E-state index is 0.323. The van der Waals surface area contributed by atoms with Crippen LogP contribution in [0.4, 0.5) is 0 Å². The fraction of sp³-hybridized carbons (Fsp3) is 0.333. The molecule has 0 aliphatic heterocycles. The third-order valence-electron chi connectivity index (χ3n) is 1.69. The van der Waals surface area contributed by atoms with Crippen LogP contribution in [-0.2, 0) is 4.79 Å². The van der Waals surface area contributed by atoms with E-state index in [0.717, 1.165) is 12.7 Å². The molecular weight excluding hydrogens is 138 g/mol. The van der Waals surface area contributed by atoms with Crippen molar-refractivity contribution in [1.82, 2.24) is 0 Å². The Labute approximate surface area is 66.1 Å². The summed E-state index contributed by atoms with van der Waals surface area (Å²) < 4.78 is 0. The number of allylic oxidation sites excluding steroid dienone is 4. The van der Waals surface area contributed by atoms with Gasteiger partial charge in [-0.3, -0.25) is 4.79 Å². The highest BCUT2D eigenvalue weighted by Gasteiger charge is 2.06. The van der Waals surface area contributed by atoms with Gasteiger partial charge in [0.15, 0.2) is 6.29 Å². The molecule has 1 rings (SSSR count). The zero-order chi connectivity index (χ0) is 8.27. The highest BCUT2D eigenvalue weighted by Crippen LogP contribution is 2.12. The van der Waals surface area contributed by atoms with Crippen molar-refractivity contribution in [3.8, 4) is 0 Å². The predicted octanol–water partition coefficient (Wildman–Crippen LogP) is 1.73. The smallest absolute Gasteiger partial charge is 0.151 e. The molecule has 1 aliphatic rings. The van der Waals surface area contributed by atoms with Crippen molar-refractivity contribution in [1.29, 1.82) is 5.41 Å². The normalized spacial score (nSPS) is 24.3. The van der Waals surface area contributed by atoms with E-state index in [1.807, 2.05) is 19.1 Å². The van der Waals surface area contributed by atoms with Crippen molar-refractivity contribution < 1.29 is 4.79 Å². The molecule has 0 aromatic carbocycles. The molecule has 11 heavy (non-hydrogen) atoms. The molecule has 2 nitrogen and oxygen atoms in total. The van der Waals surface area contributed by atoms with Gasteiger partial charge in [-0.2, -0.15) is 0 Å². The number of rotatable bonds is 1. The van der Waals surface area contributed by atoms with Gasteiger partial charge in [0.25, 0.3) is 0 Å². The summed E-state index contributed by atoms with van der Waals surface area (Å²) in [5.41, 5.74) is 0.829. The van der Waals surface area contributed by atoms with E-state index in [4.69, 9.17) is 5.41 Å². The molecule has 0 heterocycles. The number of aldehydes is 1. The zero-order valence-electron chi connectivity index (χ0n) is 6.50. The average molecular weight is 149 g/mol. The van der Waals surface area contributed by atoms with Crippen LogP contribution in [0.25, 0.3) is 0 Å². The molecule has 1 unspecified atom stereocenters. The van der Waals surface area contributed by atoms with Gasteiger partial charge >= 0.3 is 0 Å². The molecule has 1 aliphatic carbocycles. The molecule has 0 saturated heterocycles. The van der Waals surface area contributed by atoms with Crippen molar-refractivity contribution in [3.63, 3.8) is 0 Å². The van der Waals surface area contributed by atoms with E-state index in [1.165, 1.54) is 0 Å². The lowest BCUT2D eigenvalue weighted by Gasteiger charge is -1.98. The Kier molecular flexibility index (Phi) is 2.36. The van der Waals surface area contributed by atoms with Crippen molar-refractivity contribution >= 4 is 12.0 Å². The van der Waals surface area contributed by atoms with Crippen LogP contribution in [0.5, 0.6) is 0 Å². The van der Waals surface area contributed by atoms with E-state index in [-0.39, 0.29) is 0 Å². The van der Waals surface area contributed by atoms with Crippen molar-refractivity contribution in [2.45, 2.75) is 13.3 Å². The molecule has 0 saturated carbocycles. The van der Waals surface area contributed by atoms with Crippen LogP contribution in [0.1, 0.15) is 13.3 Å². The summed E-state index contributed by atoms with van der Waals surface area (Å²) in [6, 6.07) is 0. The lowest BCUT2D eigenvalue weighted by atomic mass is 10.1. The molecule has 0 aromatic rings. The lowest BCUT2D eigenvalue weighted by Crippen LogP contribution is -1.98. The van der Waals surface area contributed by atoms with E-state index in [1.54, 1.807) is 6.08 Å². The Hall–Kier alpha value is -1.18. The summed E-state index contributed by atoms with van der Waals surface area (Å²) in [6.07, 6.45) is 7.12. The minimum absolute atomic E-state index is 0.323. The van der Waals surface area contributed by atoms with E-state index < -0.39 is 0 Å². The van der Waals surface area contributed by atoms with Crippen LogP contribution in [0, 0.1) is 11.3 Å². The van der Waals surface area contributed by atoms with Gasteiger partial charge in [0.2, 0.25) is 0 Å². The van der Waals surface area contributed by atoms with Crippen LogP contribution in [-0.4, -0.2) is 12.0 Å². The average Bonchev–Trinajstić information content (AvgIpc) is 2.13. The molecule has 0 fully saturated rings. The summed E-state index contributed by atoms with van der Waals surface area (Å²) in [6.45, 7) is 2.03. The SMILES string of the molecule is CC1C=C(C=O)C(=N)C=CC1. The largest absolute Gasteiger partial charge is 0.300 e. The number of nitrogens with one attached hydrogen (secondary N) is 1. The summed E-state index contributed by atoms with van der Waals surface area (Å²) in [4.78, 5) is 10.4. The van der Waals surface area contributed by atoms with E-state index in [2.05, 4.69) is 0 Å². The molecular formula is C9H11NO. The molecule has 1 atom stereocenters. The molecule has 1 N–H and O–H groups in total. The first kappa shape index (κ1) is 7.92. The van der Waals surface area contributed by atoms with Crippen LogP contribution in [0.2, 0.25) is 0 Å². The Morgan fingerprint density at radius 1 is 1.73 bits per heavy atom. The maximum atomic E-state index is 10.4. The second-order valence-corrected chi connectivity index (χ2v) is 2.77. The van der Waals surface area contributed by atoms with E-state index >= 15 is 0 Å². The lowest BCUT2D eigenvalue weighted by molar-refractivity contribution is -0.104. The van der Waals surface area contributed by atoms with Crippen LogP contribution >= 0.6 is 0 Å². The summed E-state index contributed by atoms with van der Waals surface area (Å²) >= 11 is 0. The van der Waals surface area contributed by atoms with Gasteiger partial charge in [-0.15, -0.1) is 0 Å². The van der Waals surface area contributed by atoms with Crippen LogP contribution < -0.4 is 0 Å². The zero-order valence-corrected chi connectivity index (χ0v) is 6.50. The molecule has 0 radical (unpaired) electrons. The molecule has 58 valence electrons. The van der Waals surface area contributed by atoms with E-state index in [0.29, 0.717) is 17.2 Å². The monoisotopic (exact) mass is 149 g/mol. The number of carbonyl (C=O) groups excluding carboxylic acids is 1. The van der Waals surface area contributed by atoms with E-state index in [9.17, 15) is 4.79 Å². The minimum Gasteiger partial charge on any atom is -0.300 e. The van der Waals surface area contributed by atoms with Crippen LogP contribution in [0.3, 0.4) is 0 Å². The number of hydrogen-bond acceptors (Lipinski definition) is 2. The van der Waals surface area contributed by atoms with Gasteiger partial charge in [0, 0.05) is 5.57 Å². The van der Waals surface area contributed by atoms with Gasteiger partial charge in [0.1, 0.15) is 0 Å². The second-order valence-electron chi connectivity index (χ2n) is 2.77. The third-order valence-corrected chi connectivity index (χ3v) is 1.69. The van der Waals surface area contributed by atoms with Gasteiger partial charge in [-0.25, -0.2) is 0 Å². The fourth-order valence-corrected chi connectivity index (χ4v) is 1.06. The topological polar surface area (TPSA) is 40.9 Å². The van der Waals surface area contributed by atoms with Crippen molar-refractivity contribution in [2.75, 3.05) is 0 Å². The third kappa shape index (κ3) is 1.87. The fourth-order valence-electron chi connectivity index (χ4n) is 1.06. The molecule has 0 bridgehead atoms. The first-order valence-electron chi connectivity index (χ1n) is 3.66. The Morgan fingerprint density at radius 3 is 3.09 bits per heavy atom. The Balaban J connectivity index is 2.93. The second kappa shape index (κ2) is 3.28. The number of hydrogen-bond donors (Lipinski definition) is 1. The number of carbonyl (C=O) groups is 1. The quantitative estimate of drug-likeness (QED) is 0.567. The predicted molar refractivity (Wildman–Crippen MR) is 44.8 cm³/mol. The summed E-state index contributed by atoms with van der Waals surface area (Å²) in [5, 5.41) is 7.39. The maximum absolute atomic E-state index is 10.4.